The van der Waals surface area contributed by atoms with Crippen molar-refractivity contribution in [1.82, 2.24) is 4.98 Å². The van der Waals surface area contributed by atoms with Crippen LogP contribution in [0.5, 0.6) is 0 Å². The number of Topliss-reactive ketones (excluding diaryl/α,β-unsaturated/α-hetero) is 1. The molecule has 0 saturated carbocycles. The summed E-state index contributed by atoms with van der Waals surface area (Å²) in [4.78, 5) is 15.7. The zero-order chi connectivity index (χ0) is 9.90. The van der Waals surface area contributed by atoms with E-state index in [0.29, 0.717) is 12.8 Å². The molecule has 0 aliphatic rings. The predicted octanol–water partition coefficient (Wildman–Crippen LogP) is 1.38. The van der Waals surface area contributed by atoms with Crippen LogP contribution in [-0.2, 0) is 11.2 Å². The quantitative estimate of drug-likeness (QED) is 0.795. The van der Waals surface area contributed by atoms with Gasteiger partial charge in [0.2, 0.25) is 0 Å². The van der Waals surface area contributed by atoms with Gasteiger partial charge in [0.25, 0.3) is 0 Å². The molecule has 13 heavy (non-hydrogen) atoms. The van der Waals surface area contributed by atoms with Gasteiger partial charge in [-0.15, -0.1) is 11.3 Å². The van der Waals surface area contributed by atoms with Gasteiger partial charge < -0.3 is 5.73 Å². The number of thiazole rings is 1. The molecule has 0 spiro atoms. The molecule has 0 aromatic carbocycles. The Morgan fingerprint density at radius 2 is 2.46 bits per heavy atom. The molecule has 0 fully saturated rings. The van der Waals surface area contributed by atoms with E-state index in [2.05, 4.69) is 4.98 Å². The van der Waals surface area contributed by atoms with Gasteiger partial charge in [-0.1, -0.05) is 6.92 Å². The Morgan fingerprint density at radius 3 is 2.92 bits per heavy atom. The first-order valence-corrected chi connectivity index (χ1v) is 5.15. The lowest BCUT2D eigenvalue weighted by Crippen LogP contribution is -2.45. The third-order valence-corrected chi connectivity index (χ3v) is 2.95. The molecule has 2 N–H and O–H groups in total. The second kappa shape index (κ2) is 3.98. The van der Waals surface area contributed by atoms with E-state index in [1.807, 2.05) is 12.3 Å². The van der Waals surface area contributed by atoms with Crippen LogP contribution < -0.4 is 5.73 Å². The number of ketones is 1. The molecule has 1 rings (SSSR count). The first kappa shape index (κ1) is 10.3. The van der Waals surface area contributed by atoms with Gasteiger partial charge in [-0.2, -0.15) is 0 Å². The lowest BCUT2D eigenvalue weighted by Gasteiger charge is -2.19. The molecular formula is C9H14N2OS. The van der Waals surface area contributed by atoms with Crippen LogP contribution in [0.25, 0.3) is 0 Å². The Labute approximate surface area is 82.0 Å². The van der Waals surface area contributed by atoms with Crippen molar-refractivity contribution in [2.45, 2.75) is 32.2 Å². The van der Waals surface area contributed by atoms with E-state index < -0.39 is 5.54 Å². The van der Waals surface area contributed by atoms with Gasteiger partial charge >= 0.3 is 0 Å². The summed E-state index contributed by atoms with van der Waals surface area (Å²) in [5.41, 5.74) is 5.10. The maximum atomic E-state index is 11.6. The molecule has 1 aromatic rings. The summed E-state index contributed by atoms with van der Waals surface area (Å²) in [6.45, 7) is 3.68. The maximum Gasteiger partial charge on any atom is 0.159 e. The van der Waals surface area contributed by atoms with Crippen LogP contribution in [0.3, 0.4) is 0 Å². The Bertz CT molecular complexity index is 280. The molecule has 0 radical (unpaired) electrons. The molecule has 4 heteroatoms. The van der Waals surface area contributed by atoms with E-state index in [-0.39, 0.29) is 5.78 Å². The SMILES string of the molecule is CCC(C)(N)C(=O)Cc1nccs1. The molecule has 0 aliphatic heterocycles. The molecular weight excluding hydrogens is 184 g/mol. The third kappa shape index (κ3) is 2.60. The number of aromatic nitrogens is 1. The van der Waals surface area contributed by atoms with Crippen molar-refractivity contribution >= 4 is 17.1 Å². The zero-order valence-corrected chi connectivity index (χ0v) is 8.73. The smallest absolute Gasteiger partial charge is 0.159 e. The number of carbonyl (C=O) groups excluding carboxylic acids is 1. The number of nitrogens with two attached hydrogens (primary N) is 1. The fourth-order valence-electron chi connectivity index (χ4n) is 0.877. The summed E-state index contributed by atoms with van der Waals surface area (Å²) in [6, 6.07) is 0. The van der Waals surface area contributed by atoms with E-state index in [1.54, 1.807) is 13.1 Å². The largest absolute Gasteiger partial charge is 0.319 e. The second-order valence-electron chi connectivity index (χ2n) is 3.30. The van der Waals surface area contributed by atoms with Crippen LogP contribution >= 0.6 is 11.3 Å². The van der Waals surface area contributed by atoms with Gasteiger partial charge in [-0.3, -0.25) is 4.79 Å². The molecule has 0 bridgehead atoms. The van der Waals surface area contributed by atoms with E-state index in [9.17, 15) is 4.79 Å². The van der Waals surface area contributed by atoms with Crippen molar-refractivity contribution in [3.8, 4) is 0 Å². The van der Waals surface area contributed by atoms with Crippen molar-refractivity contribution in [3.05, 3.63) is 16.6 Å². The minimum absolute atomic E-state index is 0.0601. The molecule has 3 nitrogen and oxygen atoms in total. The summed E-state index contributed by atoms with van der Waals surface area (Å²) >= 11 is 1.49. The molecule has 72 valence electrons. The number of carbonyl (C=O) groups is 1. The Morgan fingerprint density at radius 1 is 1.77 bits per heavy atom. The number of hydrogen-bond donors (Lipinski definition) is 1. The maximum absolute atomic E-state index is 11.6. The Balaban J connectivity index is 2.61. The fraction of sp³-hybridized carbons (Fsp3) is 0.556. The molecule has 0 amide bonds. The highest BCUT2D eigenvalue weighted by molar-refractivity contribution is 7.09. The van der Waals surface area contributed by atoms with Gasteiger partial charge in [0.15, 0.2) is 5.78 Å². The molecule has 0 aliphatic carbocycles. The van der Waals surface area contributed by atoms with E-state index in [1.165, 1.54) is 11.3 Å². The first-order valence-electron chi connectivity index (χ1n) is 4.27. The van der Waals surface area contributed by atoms with Crippen LogP contribution in [0.4, 0.5) is 0 Å². The topological polar surface area (TPSA) is 56.0 Å². The summed E-state index contributed by atoms with van der Waals surface area (Å²) in [5.74, 6) is 0.0601. The second-order valence-corrected chi connectivity index (χ2v) is 4.28. The van der Waals surface area contributed by atoms with Crippen LogP contribution in [0, 0.1) is 0 Å². The lowest BCUT2D eigenvalue weighted by molar-refractivity contribution is -0.123. The van der Waals surface area contributed by atoms with Crippen LogP contribution in [-0.4, -0.2) is 16.3 Å². The number of nitrogens with zero attached hydrogens (tertiary/aromatic N) is 1. The summed E-state index contributed by atoms with van der Waals surface area (Å²) in [6.07, 6.45) is 2.72. The monoisotopic (exact) mass is 198 g/mol. The number of rotatable bonds is 4. The zero-order valence-electron chi connectivity index (χ0n) is 7.91. The number of hydrogen-bond acceptors (Lipinski definition) is 4. The van der Waals surface area contributed by atoms with Crippen molar-refractivity contribution in [2.75, 3.05) is 0 Å². The normalized spacial score (nSPS) is 15.3. The van der Waals surface area contributed by atoms with Crippen LogP contribution in [0.15, 0.2) is 11.6 Å². The predicted molar refractivity (Wildman–Crippen MR) is 53.7 cm³/mol. The lowest BCUT2D eigenvalue weighted by atomic mass is 9.93. The van der Waals surface area contributed by atoms with Gasteiger partial charge in [0.05, 0.1) is 17.0 Å². The van der Waals surface area contributed by atoms with Crippen molar-refractivity contribution in [1.29, 1.82) is 0 Å². The minimum Gasteiger partial charge on any atom is -0.319 e. The molecule has 1 heterocycles. The van der Waals surface area contributed by atoms with E-state index >= 15 is 0 Å². The molecule has 1 aromatic heterocycles. The first-order chi connectivity index (χ1) is 6.06. The Hall–Kier alpha value is -0.740. The highest BCUT2D eigenvalue weighted by Gasteiger charge is 2.26. The fourth-order valence-corrected chi connectivity index (χ4v) is 1.49. The van der Waals surface area contributed by atoms with Crippen LogP contribution in [0.2, 0.25) is 0 Å². The van der Waals surface area contributed by atoms with Gasteiger partial charge in [0, 0.05) is 11.6 Å². The van der Waals surface area contributed by atoms with E-state index in [4.69, 9.17) is 5.73 Å². The van der Waals surface area contributed by atoms with Crippen LogP contribution in [0.1, 0.15) is 25.3 Å². The van der Waals surface area contributed by atoms with Crippen molar-refractivity contribution in [2.24, 2.45) is 5.73 Å². The van der Waals surface area contributed by atoms with Gasteiger partial charge in [-0.25, -0.2) is 4.98 Å². The summed E-state index contributed by atoms with van der Waals surface area (Å²) in [7, 11) is 0. The molecule has 0 saturated heterocycles. The molecule has 1 atom stereocenters. The summed E-state index contributed by atoms with van der Waals surface area (Å²) < 4.78 is 0. The average Bonchev–Trinajstić information content (AvgIpc) is 2.57. The van der Waals surface area contributed by atoms with Gasteiger partial charge in [0.1, 0.15) is 0 Å². The average molecular weight is 198 g/mol. The molecule has 1 unspecified atom stereocenters. The van der Waals surface area contributed by atoms with Crippen molar-refractivity contribution < 1.29 is 4.79 Å². The summed E-state index contributed by atoms with van der Waals surface area (Å²) in [5, 5.41) is 2.71. The highest BCUT2D eigenvalue weighted by Crippen LogP contribution is 2.12. The highest BCUT2D eigenvalue weighted by atomic mass is 32.1. The standard InChI is InChI=1S/C9H14N2OS/c1-3-9(2,10)7(12)6-8-11-4-5-13-8/h4-5H,3,6,10H2,1-2H3. The minimum atomic E-state index is -0.703. The third-order valence-electron chi connectivity index (χ3n) is 2.17. The van der Waals surface area contributed by atoms with Crippen molar-refractivity contribution in [3.63, 3.8) is 0 Å². The van der Waals surface area contributed by atoms with Gasteiger partial charge in [-0.05, 0) is 13.3 Å². The Kier molecular flexibility index (Phi) is 3.17. The van der Waals surface area contributed by atoms with E-state index in [0.717, 1.165) is 5.01 Å².